The summed E-state index contributed by atoms with van der Waals surface area (Å²) in [6, 6.07) is 9.09. The first-order valence-corrected chi connectivity index (χ1v) is 8.84. The molecule has 1 fully saturated rings. The lowest BCUT2D eigenvalue weighted by atomic mass is 9.68. The van der Waals surface area contributed by atoms with Gasteiger partial charge in [-0.2, -0.15) is 0 Å². The SMILES string of the molecule is CC(C)NCC1CCC(C(C)C)CC1c1cccc(Cl)c1. The topological polar surface area (TPSA) is 12.0 Å². The molecule has 2 rings (SSSR count). The Kier molecular flexibility index (Phi) is 6.13. The number of hydrogen-bond donors (Lipinski definition) is 1. The average Bonchev–Trinajstić information content (AvgIpc) is 2.44. The highest BCUT2D eigenvalue weighted by atomic mass is 35.5. The fraction of sp³-hybridized carbons (Fsp3) is 0.684. The monoisotopic (exact) mass is 307 g/mol. The molecule has 21 heavy (non-hydrogen) atoms. The Morgan fingerprint density at radius 3 is 2.57 bits per heavy atom. The molecule has 3 atom stereocenters. The molecule has 0 bridgehead atoms. The van der Waals surface area contributed by atoms with E-state index in [-0.39, 0.29) is 0 Å². The second-order valence-electron chi connectivity index (χ2n) is 7.30. The van der Waals surface area contributed by atoms with Crippen LogP contribution in [-0.4, -0.2) is 12.6 Å². The summed E-state index contributed by atoms with van der Waals surface area (Å²) in [4.78, 5) is 0. The van der Waals surface area contributed by atoms with Gasteiger partial charge in [-0.15, -0.1) is 0 Å². The Hall–Kier alpha value is -0.530. The number of nitrogens with one attached hydrogen (secondary N) is 1. The summed E-state index contributed by atoms with van der Waals surface area (Å²) < 4.78 is 0. The van der Waals surface area contributed by atoms with E-state index in [9.17, 15) is 0 Å². The normalized spacial score (nSPS) is 26.5. The van der Waals surface area contributed by atoms with Crippen molar-refractivity contribution in [2.75, 3.05) is 6.54 Å². The third-order valence-electron chi connectivity index (χ3n) is 5.04. The van der Waals surface area contributed by atoms with E-state index in [2.05, 4.69) is 51.2 Å². The predicted octanol–water partition coefficient (Wildman–Crippen LogP) is 5.49. The highest BCUT2D eigenvalue weighted by Gasteiger charge is 2.32. The number of benzene rings is 1. The van der Waals surface area contributed by atoms with Crippen LogP contribution in [0.1, 0.15) is 58.4 Å². The minimum Gasteiger partial charge on any atom is -0.314 e. The van der Waals surface area contributed by atoms with Crippen molar-refractivity contribution in [3.63, 3.8) is 0 Å². The lowest BCUT2D eigenvalue weighted by Crippen LogP contribution is -2.35. The summed E-state index contributed by atoms with van der Waals surface area (Å²) in [5.41, 5.74) is 1.43. The molecule has 1 saturated carbocycles. The second-order valence-corrected chi connectivity index (χ2v) is 7.74. The van der Waals surface area contributed by atoms with E-state index in [1.807, 2.05) is 6.07 Å². The van der Waals surface area contributed by atoms with Crippen LogP contribution < -0.4 is 5.32 Å². The minimum atomic E-state index is 0.563. The fourth-order valence-corrected chi connectivity index (χ4v) is 3.85. The van der Waals surface area contributed by atoms with Crippen LogP contribution in [0.25, 0.3) is 0 Å². The molecule has 1 aliphatic carbocycles. The Balaban J connectivity index is 2.15. The van der Waals surface area contributed by atoms with Crippen molar-refractivity contribution in [3.05, 3.63) is 34.9 Å². The molecule has 1 aromatic carbocycles. The minimum absolute atomic E-state index is 0.563. The first-order valence-electron chi connectivity index (χ1n) is 8.46. The molecule has 0 aromatic heterocycles. The quantitative estimate of drug-likeness (QED) is 0.758. The van der Waals surface area contributed by atoms with Crippen LogP contribution in [0.15, 0.2) is 24.3 Å². The fourth-order valence-electron chi connectivity index (χ4n) is 3.65. The number of rotatable bonds is 5. The summed E-state index contributed by atoms with van der Waals surface area (Å²) in [5, 5.41) is 4.51. The summed E-state index contributed by atoms with van der Waals surface area (Å²) in [7, 11) is 0. The largest absolute Gasteiger partial charge is 0.314 e. The van der Waals surface area contributed by atoms with Crippen LogP contribution >= 0.6 is 11.6 Å². The van der Waals surface area contributed by atoms with Crippen molar-refractivity contribution < 1.29 is 0 Å². The Morgan fingerprint density at radius 1 is 1.19 bits per heavy atom. The first-order chi connectivity index (χ1) is 9.97. The molecule has 3 unspecified atom stereocenters. The molecule has 1 aromatic rings. The van der Waals surface area contributed by atoms with Crippen molar-refractivity contribution in [1.82, 2.24) is 5.32 Å². The number of hydrogen-bond acceptors (Lipinski definition) is 1. The highest BCUT2D eigenvalue weighted by Crippen LogP contribution is 2.43. The van der Waals surface area contributed by atoms with Crippen molar-refractivity contribution in [2.45, 2.75) is 58.9 Å². The smallest absolute Gasteiger partial charge is 0.0408 e. The Morgan fingerprint density at radius 2 is 1.95 bits per heavy atom. The van der Waals surface area contributed by atoms with Gasteiger partial charge in [-0.1, -0.05) is 51.4 Å². The van der Waals surface area contributed by atoms with Crippen LogP contribution in [0.4, 0.5) is 0 Å². The van der Waals surface area contributed by atoms with Gasteiger partial charge in [-0.05, 0) is 67.2 Å². The van der Waals surface area contributed by atoms with E-state index >= 15 is 0 Å². The second kappa shape index (κ2) is 7.65. The zero-order valence-corrected chi connectivity index (χ0v) is 14.7. The summed E-state index contributed by atoms with van der Waals surface area (Å²) in [6.07, 6.45) is 4.02. The van der Waals surface area contributed by atoms with Crippen LogP contribution in [0, 0.1) is 17.8 Å². The Labute approximate surface area is 135 Å². The van der Waals surface area contributed by atoms with Crippen LogP contribution in [0.5, 0.6) is 0 Å². The van der Waals surface area contributed by atoms with Gasteiger partial charge in [0.1, 0.15) is 0 Å². The van der Waals surface area contributed by atoms with E-state index in [1.54, 1.807) is 0 Å². The van der Waals surface area contributed by atoms with Crippen molar-refractivity contribution in [2.24, 2.45) is 17.8 Å². The lowest BCUT2D eigenvalue weighted by molar-refractivity contribution is 0.188. The van der Waals surface area contributed by atoms with Crippen LogP contribution in [-0.2, 0) is 0 Å². The van der Waals surface area contributed by atoms with Crippen molar-refractivity contribution in [3.8, 4) is 0 Å². The molecule has 1 aliphatic rings. The molecule has 118 valence electrons. The molecule has 1 N–H and O–H groups in total. The van der Waals surface area contributed by atoms with Gasteiger partial charge < -0.3 is 5.32 Å². The number of halogens is 1. The van der Waals surface area contributed by atoms with E-state index < -0.39 is 0 Å². The molecule has 0 amide bonds. The predicted molar refractivity (Wildman–Crippen MR) is 93.0 cm³/mol. The van der Waals surface area contributed by atoms with Gasteiger partial charge in [-0.25, -0.2) is 0 Å². The maximum Gasteiger partial charge on any atom is 0.0408 e. The van der Waals surface area contributed by atoms with Gasteiger partial charge in [0.15, 0.2) is 0 Å². The van der Waals surface area contributed by atoms with Crippen molar-refractivity contribution in [1.29, 1.82) is 0 Å². The molecular formula is C19H30ClN. The zero-order chi connectivity index (χ0) is 15.4. The molecule has 0 spiro atoms. The van der Waals surface area contributed by atoms with E-state index in [0.717, 1.165) is 29.3 Å². The molecule has 2 heteroatoms. The molecule has 0 aliphatic heterocycles. The van der Waals surface area contributed by atoms with Gasteiger partial charge >= 0.3 is 0 Å². The van der Waals surface area contributed by atoms with Crippen LogP contribution in [0.2, 0.25) is 5.02 Å². The Bertz CT molecular complexity index is 441. The van der Waals surface area contributed by atoms with Gasteiger partial charge in [0.2, 0.25) is 0 Å². The molecule has 0 radical (unpaired) electrons. The van der Waals surface area contributed by atoms with E-state index in [0.29, 0.717) is 12.0 Å². The maximum atomic E-state index is 6.22. The summed E-state index contributed by atoms with van der Waals surface area (Å²) in [6.45, 7) is 10.3. The lowest BCUT2D eigenvalue weighted by Gasteiger charge is -2.39. The summed E-state index contributed by atoms with van der Waals surface area (Å²) in [5.74, 6) is 3.02. The molecule has 0 saturated heterocycles. The first kappa shape index (κ1) is 16.8. The molecule has 0 heterocycles. The molecular weight excluding hydrogens is 278 g/mol. The zero-order valence-electron chi connectivity index (χ0n) is 13.9. The van der Waals surface area contributed by atoms with Gasteiger partial charge in [0, 0.05) is 11.1 Å². The van der Waals surface area contributed by atoms with E-state index in [4.69, 9.17) is 11.6 Å². The molecule has 1 nitrogen and oxygen atoms in total. The van der Waals surface area contributed by atoms with Gasteiger partial charge in [-0.3, -0.25) is 0 Å². The van der Waals surface area contributed by atoms with Crippen molar-refractivity contribution >= 4 is 11.6 Å². The third-order valence-corrected chi connectivity index (χ3v) is 5.28. The van der Waals surface area contributed by atoms with Crippen LogP contribution in [0.3, 0.4) is 0 Å². The van der Waals surface area contributed by atoms with Gasteiger partial charge in [0.05, 0.1) is 0 Å². The highest BCUT2D eigenvalue weighted by molar-refractivity contribution is 6.30. The summed E-state index contributed by atoms with van der Waals surface area (Å²) >= 11 is 6.22. The average molecular weight is 308 g/mol. The maximum absolute atomic E-state index is 6.22. The van der Waals surface area contributed by atoms with E-state index in [1.165, 1.54) is 24.8 Å². The standard InChI is InChI=1S/C19H30ClN/c1-13(2)15-8-9-17(12-21-14(3)4)19(11-15)16-6-5-7-18(20)10-16/h5-7,10,13-15,17,19,21H,8-9,11-12H2,1-4H3. The third kappa shape index (κ3) is 4.72. The van der Waals surface area contributed by atoms with Gasteiger partial charge in [0.25, 0.3) is 0 Å².